The summed E-state index contributed by atoms with van der Waals surface area (Å²) in [5.74, 6) is -0.772. The number of ether oxygens (including phenoxy) is 1. The molecule has 1 unspecified atom stereocenters. The first kappa shape index (κ1) is 14.4. The topological polar surface area (TPSA) is 49.8 Å². The second-order valence-electron chi connectivity index (χ2n) is 3.73. The van der Waals surface area contributed by atoms with Crippen molar-refractivity contribution in [3.63, 3.8) is 0 Å². The summed E-state index contributed by atoms with van der Waals surface area (Å²) in [6.07, 6.45) is 1.96. The summed E-state index contributed by atoms with van der Waals surface area (Å²) in [5.41, 5.74) is 0. The molecule has 4 heteroatoms. The van der Waals surface area contributed by atoms with Gasteiger partial charge in [-0.15, -0.1) is 0 Å². The average Bonchev–Trinajstić information content (AvgIpc) is 2.21. The van der Waals surface area contributed by atoms with Gasteiger partial charge in [0.25, 0.3) is 0 Å². The van der Waals surface area contributed by atoms with Gasteiger partial charge in [0.15, 0.2) is 0 Å². The highest BCUT2D eigenvalue weighted by Gasteiger charge is 2.14. The van der Waals surface area contributed by atoms with Crippen LogP contribution in [0.5, 0.6) is 0 Å². The highest BCUT2D eigenvalue weighted by molar-refractivity contribution is 5.69. The summed E-state index contributed by atoms with van der Waals surface area (Å²) >= 11 is 0. The van der Waals surface area contributed by atoms with E-state index >= 15 is 0 Å². The van der Waals surface area contributed by atoms with E-state index < -0.39 is 5.97 Å². The number of nitrogens with zero attached hydrogens (tertiary/aromatic N) is 1. The normalized spacial score (nSPS) is 13.1. The number of rotatable bonds is 9. The Kier molecular flexibility index (Phi) is 8.33. The van der Waals surface area contributed by atoms with Crippen LogP contribution >= 0.6 is 0 Å². The predicted molar refractivity (Wildman–Crippen MR) is 60.1 cm³/mol. The third kappa shape index (κ3) is 7.33. The zero-order valence-corrected chi connectivity index (χ0v) is 10.0. The lowest BCUT2D eigenvalue weighted by atomic mass is 10.2. The Labute approximate surface area is 92.2 Å². The van der Waals surface area contributed by atoms with Crippen LogP contribution in [0, 0.1) is 0 Å². The summed E-state index contributed by atoms with van der Waals surface area (Å²) in [5, 5.41) is 8.75. The molecule has 0 amide bonds. The van der Waals surface area contributed by atoms with Gasteiger partial charge in [0.05, 0.1) is 13.2 Å². The standard InChI is InChI=1S/C11H23NO3/c1-4-7-15-8-6-12(9-11(13)14)10(3)5-2/h10H,4-9H2,1-3H3,(H,13,14). The molecule has 0 bridgehead atoms. The summed E-state index contributed by atoms with van der Waals surface area (Å²) in [6, 6.07) is 0.298. The van der Waals surface area contributed by atoms with E-state index in [1.165, 1.54) is 0 Å². The van der Waals surface area contributed by atoms with Gasteiger partial charge in [-0.25, -0.2) is 0 Å². The van der Waals surface area contributed by atoms with Crippen LogP contribution in [0.25, 0.3) is 0 Å². The van der Waals surface area contributed by atoms with Gasteiger partial charge >= 0.3 is 5.97 Å². The first-order valence-corrected chi connectivity index (χ1v) is 5.65. The largest absolute Gasteiger partial charge is 0.480 e. The zero-order chi connectivity index (χ0) is 11.7. The number of hydrogen-bond acceptors (Lipinski definition) is 3. The molecular formula is C11H23NO3. The van der Waals surface area contributed by atoms with E-state index in [1.807, 2.05) is 11.8 Å². The summed E-state index contributed by atoms with van der Waals surface area (Å²) in [7, 11) is 0. The van der Waals surface area contributed by atoms with Crippen LogP contribution < -0.4 is 0 Å². The lowest BCUT2D eigenvalue weighted by Crippen LogP contribution is -2.39. The van der Waals surface area contributed by atoms with E-state index in [9.17, 15) is 4.79 Å². The molecule has 0 aliphatic carbocycles. The molecule has 0 saturated heterocycles. The van der Waals surface area contributed by atoms with Gasteiger partial charge in [-0.2, -0.15) is 0 Å². The summed E-state index contributed by atoms with van der Waals surface area (Å²) in [6.45, 7) is 8.33. The minimum atomic E-state index is -0.772. The number of aliphatic carboxylic acids is 1. The molecule has 4 nitrogen and oxygen atoms in total. The molecule has 0 spiro atoms. The first-order valence-electron chi connectivity index (χ1n) is 5.65. The van der Waals surface area contributed by atoms with E-state index in [2.05, 4.69) is 13.8 Å². The minimum Gasteiger partial charge on any atom is -0.480 e. The zero-order valence-electron chi connectivity index (χ0n) is 10.0. The number of carboxylic acid groups (broad SMARTS) is 1. The quantitative estimate of drug-likeness (QED) is 0.596. The fourth-order valence-electron chi connectivity index (χ4n) is 1.32. The van der Waals surface area contributed by atoms with Gasteiger partial charge in [0, 0.05) is 19.2 Å². The van der Waals surface area contributed by atoms with Crippen molar-refractivity contribution in [3.05, 3.63) is 0 Å². The molecule has 0 aliphatic rings. The third-order valence-corrected chi connectivity index (χ3v) is 2.42. The number of carbonyl (C=O) groups is 1. The summed E-state index contributed by atoms with van der Waals surface area (Å²) < 4.78 is 5.35. The molecule has 1 atom stereocenters. The Bertz CT molecular complexity index is 173. The van der Waals surface area contributed by atoms with Crippen LogP contribution in [0.15, 0.2) is 0 Å². The van der Waals surface area contributed by atoms with E-state index in [-0.39, 0.29) is 6.54 Å². The van der Waals surface area contributed by atoms with Gasteiger partial charge < -0.3 is 9.84 Å². The van der Waals surface area contributed by atoms with Crippen LogP contribution in [-0.2, 0) is 9.53 Å². The molecule has 90 valence electrons. The third-order valence-electron chi connectivity index (χ3n) is 2.42. The Balaban J connectivity index is 3.85. The molecule has 1 N–H and O–H groups in total. The van der Waals surface area contributed by atoms with Crippen LogP contribution in [0.4, 0.5) is 0 Å². The molecule has 0 aromatic carbocycles. The number of hydrogen-bond donors (Lipinski definition) is 1. The predicted octanol–water partition coefficient (Wildman–Crippen LogP) is 1.60. The molecular weight excluding hydrogens is 194 g/mol. The Morgan fingerprint density at radius 1 is 1.40 bits per heavy atom. The van der Waals surface area contributed by atoms with Gasteiger partial charge in [0.1, 0.15) is 0 Å². The smallest absolute Gasteiger partial charge is 0.317 e. The van der Waals surface area contributed by atoms with Crippen molar-refractivity contribution < 1.29 is 14.6 Å². The van der Waals surface area contributed by atoms with Crippen LogP contribution in [0.1, 0.15) is 33.6 Å². The van der Waals surface area contributed by atoms with Crippen LogP contribution in [0.2, 0.25) is 0 Å². The maximum atomic E-state index is 10.6. The molecule has 0 fully saturated rings. The monoisotopic (exact) mass is 217 g/mol. The fourth-order valence-corrected chi connectivity index (χ4v) is 1.32. The van der Waals surface area contributed by atoms with Gasteiger partial charge in [-0.1, -0.05) is 13.8 Å². The van der Waals surface area contributed by atoms with Crippen molar-refractivity contribution in [2.45, 2.75) is 39.7 Å². The molecule has 0 rings (SSSR count). The summed E-state index contributed by atoms with van der Waals surface area (Å²) in [4.78, 5) is 12.6. The molecule has 0 aromatic heterocycles. The Morgan fingerprint density at radius 3 is 2.53 bits per heavy atom. The number of carboxylic acids is 1. The van der Waals surface area contributed by atoms with Gasteiger partial charge in [-0.05, 0) is 19.8 Å². The molecule has 0 heterocycles. The highest BCUT2D eigenvalue weighted by atomic mass is 16.5. The van der Waals surface area contributed by atoms with Gasteiger partial charge in [0.2, 0.25) is 0 Å². The van der Waals surface area contributed by atoms with Crippen molar-refractivity contribution in [2.75, 3.05) is 26.3 Å². The van der Waals surface area contributed by atoms with Crippen LogP contribution in [0.3, 0.4) is 0 Å². The van der Waals surface area contributed by atoms with Crippen molar-refractivity contribution in [1.29, 1.82) is 0 Å². The molecule has 15 heavy (non-hydrogen) atoms. The van der Waals surface area contributed by atoms with Crippen molar-refractivity contribution in [3.8, 4) is 0 Å². The van der Waals surface area contributed by atoms with E-state index in [0.717, 1.165) is 19.4 Å². The SMILES string of the molecule is CCCOCCN(CC(=O)O)C(C)CC. The second-order valence-corrected chi connectivity index (χ2v) is 3.73. The maximum absolute atomic E-state index is 10.6. The highest BCUT2D eigenvalue weighted by Crippen LogP contribution is 2.02. The van der Waals surface area contributed by atoms with E-state index in [4.69, 9.17) is 9.84 Å². The van der Waals surface area contributed by atoms with E-state index in [1.54, 1.807) is 0 Å². The minimum absolute atomic E-state index is 0.102. The fraction of sp³-hybridized carbons (Fsp3) is 0.909. The lowest BCUT2D eigenvalue weighted by molar-refractivity contribution is -0.139. The molecule has 0 saturated carbocycles. The lowest BCUT2D eigenvalue weighted by Gasteiger charge is -2.26. The molecule has 0 radical (unpaired) electrons. The van der Waals surface area contributed by atoms with Gasteiger partial charge in [-0.3, -0.25) is 9.69 Å². The van der Waals surface area contributed by atoms with Crippen LogP contribution in [-0.4, -0.2) is 48.3 Å². The van der Waals surface area contributed by atoms with Crippen molar-refractivity contribution in [2.24, 2.45) is 0 Å². The molecule has 0 aromatic rings. The first-order chi connectivity index (χ1) is 7.11. The second kappa shape index (κ2) is 8.68. The Hall–Kier alpha value is -0.610. The molecule has 0 aliphatic heterocycles. The van der Waals surface area contributed by atoms with Crippen molar-refractivity contribution in [1.82, 2.24) is 4.90 Å². The maximum Gasteiger partial charge on any atom is 0.317 e. The Morgan fingerprint density at radius 2 is 2.07 bits per heavy atom. The van der Waals surface area contributed by atoms with Crippen molar-refractivity contribution >= 4 is 5.97 Å². The van der Waals surface area contributed by atoms with E-state index in [0.29, 0.717) is 19.2 Å². The average molecular weight is 217 g/mol.